The maximum atomic E-state index is 12.7. The average Bonchev–Trinajstić information content (AvgIpc) is 3.77. The van der Waals surface area contributed by atoms with Gasteiger partial charge in [0.15, 0.2) is 0 Å². The second kappa shape index (κ2) is 13.9. The molecular weight excluding hydrogens is 710 g/mol. The summed E-state index contributed by atoms with van der Waals surface area (Å²) in [7, 11) is 3.50. The quantitative estimate of drug-likeness (QED) is 0.0764. The number of carboxylic acid groups (broad SMARTS) is 1. The van der Waals surface area contributed by atoms with Crippen LogP contribution in [0, 0.1) is 0 Å². The Balaban J connectivity index is 1.15. The van der Waals surface area contributed by atoms with Gasteiger partial charge in [-0.25, -0.2) is 4.79 Å². The Kier molecular flexibility index (Phi) is 9.45. The van der Waals surface area contributed by atoms with E-state index in [1.165, 1.54) is 5.56 Å². The minimum absolute atomic E-state index is 0.278. The molecule has 2 aromatic heterocycles. The number of hydrogen-bond donors (Lipinski definition) is 1. The Bertz CT molecular complexity index is 2160. The smallest absolute Gasteiger partial charge is 0.352 e. The molecule has 0 fully saturated rings. The standard InChI is InChI=1S/C38H35BrClN3O4S/c1-42-36-29(15-16-30(40)34(36)35-31(21-39)41-43-17-5-10-32(35)43)28(37(42)38(44)45)9-6-18-47-33-20-26(19-24-7-3-4-8-27(24)33)48-22-23-11-13-25(46-2)14-12-23/h3-4,7-8,11-16,19-20H,5-6,9-10,17-18,21-22H2,1-2H3,(H,44,45). The Morgan fingerprint density at radius 1 is 1.06 bits per heavy atom. The van der Waals surface area contributed by atoms with Gasteiger partial charge in [-0.15, -0.1) is 11.8 Å². The van der Waals surface area contributed by atoms with Crippen LogP contribution in [0.1, 0.15) is 45.8 Å². The van der Waals surface area contributed by atoms with E-state index < -0.39 is 5.97 Å². The molecule has 0 spiro atoms. The van der Waals surface area contributed by atoms with Gasteiger partial charge in [-0.05, 0) is 72.5 Å². The Labute approximate surface area is 296 Å². The van der Waals surface area contributed by atoms with Gasteiger partial charge in [0, 0.05) is 57.2 Å². The number of ether oxygens (including phenoxy) is 2. The first-order chi connectivity index (χ1) is 23.4. The van der Waals surface area contributed by atoms with Crippen molar-refractivity contribution in [2.75, 3.05) is 13.7 Å². The Hall–Kier alpha value is -3.92. The highest BCUT2D eigenvalue weighted by Crippen LogP contribution is 2.44. The fourth-order valence-corrected chi connectivity index (χ4v) is 8.47. The first-order valence-electron chi connectivity index (χ1n) is 16.0. The van der Waals surface area contributed by atoms with Crippen molar-refractivity contribution >= 4 is 66.9 Å². The monoisotopic (exact) mass is 743 g/mol. The van der Waals surface area contributed by atoms with Gasteiger partial charge >= 0.3 is 5.97 Å². The van der Waals surface area contributed by atoms with Crippen molar-refractivity contribution in [1.82, 2.24) is 14.3 Å². The normalized spacial score (nSPS) is 12.6. The molecule has 1 aliphatic rings. The van der Waals surface area contributed by atoms with Gasteiger partial charge in [0.05, 0.1) is 29.9 Å². The van der Waals surface area contributed by atoms with Crippen molar-refractivity contribution in [3.05, 3.63) is 106 Å². The molecule has 0 saturated heterocycles. The SMILES string of the molecule is COc1ccc(CSc2cc(OCCCc3c(C(=O)O)n(C)c4c(-c5c(CBr)nn6c5CCC6)c(Cl)ccc34)c3ccccc3c2)cc1. The van der Waals surface area contributed by atoms with Gasteiger partial charge in [0.25, 0.3) is 0 Å². The molecule has 48 heavy (non-hydrogen) atoms. The van der Waals surface area contributed by atoms with Gasteiger partial charge < -0.3 is 19.1 Å². The zero-order valence-corrected chi connectivity index (χ0v) is 29.9. The maximum Gasteiger partial charge on any atom is 0.352 e. The summed E-state index contributed by atoms with van der Waals surface area (Å²) in [6.45, 7) is 1.32. The molecule has 0 aliphatic carbocycles. The summed E-state index contributed by atoms with van der Waals surface area (Å²) in [5.41, 5.74) is 7.06. The van der Waals surface area contributed by atoms with E-state index in [4.69, 9.17) is 26.2 Å². The van der Waals surface area contributed by atoms with E-state index in [0.717, 1.165) is 91.3 Å². The first kappa shape index (κ1) is 32.6. The summed E-state index contributed by atoms with van der Waals surface area (Å²) >= 11 is 12.3. The summed E-state index contributed by atoms with van der Waals surface area (Å²) in [5, 5.41) is 19.5. The third-order valence-corrected chi connectivity index (χ3v) is 11.0. The lowest BCUT2D eigenvalue weighted by atomic mass is 9.97. The molecule has 4 aromatic carbocycles. The van der Waals surface area contributed by atoms with Crippen molar-refractivity contribution in [1.29, 1.82) is 0 Å². The molecule has 6 aromatic rings. The van der Waals surface area contributed by atoms with E-state index in [-0.39, 0.29) is 5.69 Å². The molecular formula is C38H35BrClN3O4S. The van der Waals surface area contributed by atoms with Crippen molar-refractivity contribution in [2.24, 2.45) is 7.05 Å². The van der Waals surface area contributed by atoms with Crippen LogP contribution in [0.15, 0.2) is 77.7 Å². The number of rotatable bonds is 12. The van der Waals surface area contributed by atoms with E-state index in [1.54, 1.807) is 23.4 Å². The molecule has 10 heteroatoms. The van der Waals surface area contributed by atoms with Crippen LogP contribution in [-0.4, -0.2) is 39.1 Å². The number of hydrogen-bond acceptors (Lipinski definition) is 5. The number of carboxylic acids is 1. The molecule has 1 aliphatic heterocycles. The van der Waals surface area contributed by atoms with E-state index in [1.807, 2.05) is 43.4 Å². The molecule has 7 rings (SSSR count). The topological polar surface area (TPSA) is 78.5 Å². The summed E-state index contributed by atoms with van der Waals surface area (Å²) < 4.78 is 15.6. The Morgan fingerprint density at radius 2 is 1.88 bits per heavy atom. The number of aromatic nitrogens is 3. The number of carbonyl (C=O) groups is 1. The van der Waals surface area contributed by atoms with Crippen LogP contribution >= 0.6 is 39.3 Å². The summed E-state index contributed by atoms with van der Waals surface area (Å²) in [6, 6.07) is 24.5. The number of fused-ring (bicyclic) bond motifs is 3. The van der Waals surface area contributed by atoms with Gasteiger partial charge in [0.2, 0.25) is 0 Å². The van der Waals surface area contributed by atoms with Crippen LogP contribution in [0.4, 0.5) is 0 Å². The average molecular weight is 745 g/mol. The molecule has 0 bridgehead atoms. The van der Waals surface area contributed by atoms with Gasteiger partial charge in [-0.3, -0.25) is 4.68 Å². The third kappa shape index (κ3) is 6.08. The fraction of sp³-hybridized carbons (Fsp3) is 0.263. The Morgan fingerprint density at radius 3 is 2.65 bits per heavy atom. The highest BCUT2D eigenvalue weighted by atomic mass is 79.9. The predicted molar refractivity (Wildman–Crippen MR) is 197 cm³/mol. The molecule has 0 amide bonds. The van der Waals surface area contributed by atoms with Crippen LogP contribution in [0.2, 0.25) is 5.02 Å². The number of aromatic carboxylic acids is 1. The summed E-state index contributed by atoms with van der Waals surface area (Å²) in [5.74, 6) is 1.54. The van der Waals surface area contributed by atoms with E-state index in [9.17, 15) is 9.90 Å². The van der Waals surface area contributed by atoms with Crippen LogP contribution in [0.5, 0.6) is 11.5 Å². The van der Waals surface area contributed by atoms with Crippen molar-refractivity contribution < 1.29 is 19.4 Å². The first-order valence-corrected chi connectivity index (χ1v) is 18.5. The minimum Gasteiger partial charge on any atom is -0.497 e. The number of nitrogens with zero attached hydrogens (tertiary/aromatic N) is 3. The highest BCUT2D eigenvalue weighted by Gasteiger charge is 2.29. The predicted octanol–water partition coefficient (Wildman–Crippen LogP) is 9.70. The molecule has 7 nitrogen and oxygen atoms in total. The molecule has 0 saturated carbocycles. The van der Waals surface area contributed by atoms with Crippen LogP contribution in [0.3, 0.4) is 0 Å². The van der Waals surface area contributed by atoms with Crippen molar-refractivity contribution in [2.45, 2.75) is 48.2 Å². The molecule has 0 unspecified atom stereocenters. The van der Waals surface area contributed by atoms with Gasteiger partial charge in [-0.2, -0.15) is 5.10 Å². The molecule has 1 N–H and O–H groups in total. The molecule has 0 radical (unpaired) electrons. The number of thioether (sulfide) groups is 1. The van der Waals surface area contributed by atoms with Crippen molar-refractivity contribution in [3.63, 3.8) is 0 Å². The second-order valence-corrected chi connectivity index (χ2v) is 14.0. The van der Waals surface area contributed by atoms with Crippen LogP contribution < -0.4 is 9.47 Å². The zero-order valence-electron chi connectivity index (χ0n) is 26.8. The lowest BCUT2D eigenvalue weighted by molar-refractivity contribution is 0.0685. The highest BCUT2D eigenvalue weighted by molar-refractivity contribution is 9.08. The lowest BCUT2D eigenvalue weighted by Gasteiger charge is -2.13. The molecule has 0 atom stereocenters. The third-order valence-electron chi connectivity index (χ3n) is 9.09. The number of halogens is 2. The van der Waals surface area contributed by atoms with E-state index in [2.05, 4.69) is 57.0 Å². The second-order valence-electron chi connectivity index (χ2n) is 12.0. The van der Waals surface area contributed by atoms with Gasteiger partial charge in [0.1, 0.15) is 17.2 Å². The largest absolute Gasteiger partial charge is 0.497 e. The fourth-order valence-electron chi connectivity index (χ4n) is 6.90. The summed E-state index contributed by atoms with van der Waals surface area (Å²) in [6.07, 6.45) is 3.13. The van der Waals surface area contributed by atoms with E-state index >= 15 is 0 Å². The van der Waals surface area contributed by atoms with Crippen molar-refractivity contribution in [3.8, 4) is 22.6 Å². The molecule has 246 valence electrons. The number of benzene rings is 4. The van der Waals surface area contributed by atoms with Crippen LogP contribution in [0.25, 0.3) is 32.8 Å². The maximum absolute atomic E-state index is 12.7. The zero-order chi connectivity index (χ0) is 33.4. The number of methoxy groups -OCH3 is 1. The summed E-state index contributed by atoms with van der Waals surface area (Å²) in [4.78, 5) is 13.8. The number of aryl methyl sites for hydroxylation is 3. The molecule has 3 heterocycles. The number of alkyl halides is 1. The van der Waals surface area contributed by atoms with Crippen LogP contribution in [-0.2, 0) is 37.5 Å². The lowest BCUT2D eigenvalue weighted by Crippen LogP contribution is -2.09. The van der Waals surface area contributed by atoms with Gasteiger partial charge in [-0.1, -0.05) is 70.0 Å². The van der Waals surface area contributed by atoms with E-state index in [0.29, 0.717) is 29.8 Å². The minimum atomic E-state index is -0.958.